The van der Waals surface area contributed by atoms with Crippen LogP contribution < -0.4 is 10.2 Å². The first-order valence-corrected chi connectivity index (χ1v) is 16.8. The van der Waals surface area contributed by atoms with Crippen molar-refractivity contribution in [3.05, 3.63) is 84.5 Å². The lowest BCUT2D eigenvalue weighted by Gasteiger charge is -2.35. The number of amides is 1. The fourth-order valence-electron chi connectivity index (χ4n) is 5.99. The summed E-state index contributed by atoms with van der Waals surface area (Å²) >= 11 is 0. The summed E-state index contributed by atoms with van der Waals surface area (Å²) in [6, 6.07) is 12.8. The van der Waals surface area contributed by atoms with E-state index in [2.05, 4.69) is 22.0 Å². The highest BCUT2D eigenvalue weighted by atomic mass is 32.2. The van der Waals surface area contributed by atoms with Crippen molar-refractivity contribution in [3.63, 3.8) is 0 Å². The van der Waals surface area contributed by atoms with E-state index in [1.807, 2.05) is 6.07 Å². The van der Waals surface area contributed by atoms with Gasteiger partial charge in [0.1, 0.15) is 17.2 Å². The van der Waals surface area contributed by atoms with E-state index >= 15 is 0 Å². The quantitative estimate of drug-likeness (QED) is 0.228. The zero-order valence-electron chi connectivity index (χ0n) is 25.3. The molecule has 3 aromatic rings. The van der Waals surface area contributed by atoms with Gasteiger partial charge in [-0.1, -0.05) is 12.1 Å². The van der Waals surface area contributed by atoms with E-state index in [0.29, 0.717) is 35.5 Å². The smallest absolute Gasteiger partial charge is 0.354 e. The van der Waals surface area contributed by atoms with Crippen LogP contribution in [0.15, 0.2) is 65.6 Å². The van der Waals surface area contributed by atoms with Gasteiger partial charge in [-0.25, -0.2) is 17.8 Å². The number of nitrogens with zero attached hydrogens (tertiary/aromatic N) is 4. The molecule has 8 nitrogen and oxygen atoms in total. The molecule has 0 atom stereocenters. The van der Waals surface area contributed by atoms with Crippen molar-refractivity contribution in [2.45, 2.75) is 48.8 Å². The minimum Gasteiger partial charge on any atom is -0.354 e. The molecule has 3 fully saturated rings. The molecule has 3 aliphatic rings. The maximum Gasteiger partial charge on any atom is 0.416 e. The normalized spacial score (nSPS) is 18.5. The van der Waals surface area contributed by atoms with Gasteiger partial charge < -0.3 is 10.2 Å². The van der Waals surface area contributed by atoms with Crippen LogP contribution in [0, 0.1) is 18.7 Å². The Morgan fingerprint density at radius 2 is 1.65 bits per heavy atom. The van der Waals surface area contributed by atoms with E-state index in [0.717, 1.165) is 79.3 Å². The van der Waals surface area contributed by atoms with Crippen LogP contribution in [-0.4, -0.2) is 73.3 Å². The number of hydrogen-bond acceptors (Lipinski definition) is 6. The Morgan fingerprint density at radius 3 is 2.22 bits per heavy atom. The molecule has 244 valence electrons. The number of halogens is 4. The van der Waals surface area contributed by atoms with Crippen molar-refractivity contribution in [3.8, 4) is 11.3 Å². The number of piperazine rings is 1. The second-order valence-electron chi connectivity index (χ2n) is 12.3. The van der Waals surface area contributed by atoms with Crippen molar-refractivity contribution >= 4 is 21.7 Å². The molecule has 46 heavy (non-hydrogen) atoms. The predicted octanol–water partition coefficient (Wildman–Crippen LogP) is 5.11. The molecule has 0 spiro atoms. The summed E-state index contributed by atoms with van der Waals surface area (Å²) in [5, 5.41) is 2.89. The van der Waals surface area contributed by atoms with E-state index in [1.165, 1.54) is 25.0 Å². The maximum absolute atomic E-state index is 13.6. The number of anilines is 1. The van der Waals surface area contributed by atoms with Gasteiger partial charge in [-0.2, -0.15) is 13.2 Å². The molecule has 0 radical (unpaired) electrons. The van der Waals surface area contributed by atoms with Gasteiger partial charge in [0.2, 0.25) is 15.9 Å². The van der Waals surface area contributed by atoms with Gasteiger partial charge in [0, 0.05) is 44.8 Å². The maximum atomic E-state index is 13.6. The van der Waals surface area contributed by atoms with Crippen LogP contribution in [0.3, 0.4) is 0 Å². The van der Waals surface area contributed by atoms with Crippen molar-refractivity contribution in [2.75, 3.05) is 44.2 Å². The number of benzene rings is 2. The monoisotopic (exact) mass is 658 g/mol. The summed E-state index contributed by atoms with van der Waals surface area (Å²) in [6.07, 6.45) is -1.30. The molecule has 2 aromatic carbocycles. The Bertz CT molecular complexity index is 1670. The molecule has 0 unspecified atom stereocenters. The van der Waals surface area contributed by atoms with Crippen LogP contribution in [0.2, 0.25) is 0 Å². The fraction of sp³-hybridized carbons (Fsp3) is 0.424. The number of nitrogens with one attached hydrogen (secondary N) is 1. The minimum absolute atomic E-state index is 0.0486. The molecule has 13 heteroatoms. The number of sulfonamides is 1. The van der Waals surface area contributed by atoms with Crippen LogP contribution in [0.4, 0.5) is 23.4 Å². The average molecular weight is 659 g/mol. The van der Waals surface area contributed by atoms with Crippen LogP contribution >= 0.6 is 0 Å². The summed E-state index contributed by atoms with van der Waals surface area (Å²) in [6.45, 7) is 7.94. The Labute approximate surface area is 266 Å². The number of rotatable bonds is 11. The third-order valence-electron chi connectivity index (χ3n) is 8.97. The number of carbonyl (C=O) groups is 1. The first-order valence-electron chi connectivity index (χ1n) is 15.4. The average Bonchev–Trinajstić information content (AvgIpc) is 3.98. The molecule has 1 aromatic heterocycles. The molecule has 1 amide bonds. The number of pyridine rings is 1. The standard InChI is InChI=1S/C33H35F4N5O3S/c1-2-42(46(44,45)28-11-9-27(34)10-12-28)32(13-14-32)31(43)38-21-24-19-29(25-5-7-26(8-6-25)33(35,36)37)39-30(20-24)41-17-15-40(16-18-41)22-23-3-4-23/h5-12,19-20,23H,1-4,13-18,21-22H2/p+1. The summed E-state index contributed by atoms with van der Waals surface area (Å²) in [5.41, 5.74) is -0.435. The first kappa shape index (κ1) is 32.3. The van der Waals surface area contributed by atoms with E-state index in [9.17, 15) is 30.8 Å². The molecule has 1 N–H and O–H groups in total. The molecule has 6 rings (SSSR count). The number of aromatic nitrogens is 1. The van der Waals surface area contributed by atoms with Gasteiger partial charge in [0.25, 0.3) is 0 Å². The summed E-state index contributed by atoms with van der Waals surface area (Å²) < 4.78 is 81.1. The largest absolute Gasteiger partial charge is 0.416 e. The summed E-state index contributed by atoms with van der Waals surface area (Å²) in [4.78, 5) is 22.9. The van der Waals surface area contributed by atoms with E-state index in [-0.39, 0.29) is 18.0 Å². The molecule has 2 heterocycles. The Morgan fingerprint density at radius 1 is 1.00 bits per heavy atom. The lowest BCUT2D eigenvalue weighted by Crippen LogP contribution is -2.51. The minimum atomic E-state index is -4.46. The van der Waals surface area contributed by atoms with Gasteiger partial charge >= 0.3 is 6.18 Å². The van der Waals surface area contributed by atoms with Crippen LogP contribution in [-0.2, 0) is 27.5 Å². The zero-order chi connectivity index (χ0) is 32.7. The Kier molecular flexibility index (Phi) is 8.77. The van der Waals surface area contributed by atoms with Gasteiger partial charge in [-0.15, -0.1) is 4.31 Å². The van der Waals surface area contributed by atoms with Crippen molar-refractivity contribution in [2.24, 2.45) is 5.92 Å². The van der Waals surface area contributed by atoms with Crippen molar-refractivity contribution < 1.29 is 30.8 Å². The van der Waals surface area contributed by atoms with Crippen LogP contribution in [0.25, 0.3) is 11.3 Å². The summed E-state index contributed by atoms with van der Waals surface area (Å²) in [7, 11) is -4.13. The highest BCUT2D eigenvalue weighted by Crippen LogP contribution is 2.45. The first-order chi connectivity index (χ1) is 21.9. The SMILES string of the molecule is [CH2+]CN(C1(C(=O)NCc2cc(-c3ccc(C(F)(F)F)cc3)nc(N3CCN(CC4CC4)CC3)c2)CC1)S(=O)(=O)c1ccc(F)cc1. The van der Waals surface area contributed by atoms with E-state index in [1.54, 1.807) is 6.07 Å². The molecular formula is C33H36F4N5O3S+. The second-order valence-corrected chi connectivity index (χ2v) is 14.1. The fourth-order valence-corrected chi connectivity index (χ4v) is 7.69. The third-order valence-corrected chi connectivity index (χ3v) is 11.0. The van der Waals surface area contributed by atoms with E-state index in [4.69, 9.17) is 4.98 Å². The van der Waals surface area contributed by atoms with E-state index < -0.39 is 39.0 Å². The predicted molar refractivity (Wildman–Crippen MR) is 166 cm³/mol. The van der Waals surface area contributed by atoms with Gasteiger partial charge in [0.15, 0.2) is 6.54 Å². The highest BCUT2D eigenvalue weighted by molar-refractivity contribution is 7.89. The highest BCUT2D eigenvalue weighted by Gasteiger charge is 2.59. The van der Waals surface area contributed by atoms with Crippen LogP contribution in [0.1, 0.15) is 36.8 Å². The third kappa shape index (κ3) is 6.86. The topological polar surface area (TPSA) is 85.8 Å². The number of alkyl halides is 3. The number of carbonyl (C=O) groups excluding carboxylic acids is 1. The van der Waals surface area contributed by atoms with Gasteiger partial charge in [0.05, 0.1) is 23.1 Å². The Hall–Kier alpha value is -3.68. The molecule has 2 saturated carbocycles. The lowest BCUT2D eigenvalue weighted by molar-refractivity contribution is -0.137. The molecule has 0 bridgehead atoms. The molecule has 1 aliphatic heterocycles. The lowest BCUT2D eigenvalue weighted by atomic mass is 10.1. The molecular weight excluding hydrogens is 622 g/mol. The van der Waals surface area contributed by atoms with Gasteiger partial charge in [-0.05, 0) is 85.7 Å². The Balaban J connectivity index is 1.22. The summed E-state index contributed by atoms with van der Waals surface area (Å²) in [5.74, 6) is 0.381. The van der Waals surface area contributed by atoms with Crippen molar-refractivity contribution in [1.82, 2.24) is 19.5 Å². The second kappa shape index (κ2) is 12.5. The van der Waals surface area contributed by atoms with Crippen molar-refractivity contribution in [1.29, 1.82) is 0 Å². The van der Waals surface area contributed by atoms with Gasteiger partial charge in [-0.3, -0.25) is 9.69 Å². The zero-order valence-corrected chi connectivity index (χ0v) is 26.1. The molecule has 1 saturated heterocycles. The van der Waals surface area contributed by atoms with Crippen LogP contribution in [0.5, 0.6) is 0 Å². The number of hydrogen-bond donors (Lipinski definition) is 1. The molecule has 2 aliphatic carbocycles.